The lowest BCUT2D eigenvalue weighted by Gasteiger charge is -2.44. The summed E-state index contributed by atoms with van der Waals surface area (Å²) < 4.78 is 16.3. The van der Waals surface area contributed by atoms with Gasteiger partial charge in [0, 0.05) is 18.0 Å². The molecule has 2 saturated heterocycles. The summed E-state index contributed by atoms with van der Waals surface area (Å²) >= 11 is 0. The van der Waals surface area contributed by atoms with Gasteiger partial charge in [0.2, 0.25) is 0 Å². The number of benzene rings is 1. The summed E-state index contributed by atoms with van der Waals surface area (Å²) in [5, 5.41) is 3.53. The average molecular weight is 263 g/mol. The fourth-order valence-electron chi connectivity index (χ4n) is 2.92. The highest BCUT2D eigenvalue weighted by molar-refractivity contribution is 5.34. The molecule has 2 heterocycles. The lowest BCUT2D eigenvalue weighted by Crippen LogP contribution is -2.53. The van der Waals surface area contributed by atoms with E-state index in [9.17, 15) is 0 Å². The van der Waals surface area contributed by atoms with Crippen molar-refractivity contribution in [3.8, 4) is 5.75 Å². The van der Waals surface area contributed by atoms with Gasteiger partial charge in [-0.15, -0.1) is 0 Å². The molecule has 1 aromatic carbocycles. The second kappa shape index (κ2) is 5.49. The normalized spacial score (nSPS) is 25.6. The van der Waals surface area contributed by atoms with Gasteiger partial charge in [0.15, 0.2) is 0 Å². The molecular weight excluding hydrogens is 242 g/mol. The van der Waals surface area contributed by atoms with Crippen molar-refractivity contribution in [3.63, 3.8) is 0 Å². The summed E-state index contributed by atoms with van der Waals surface area (Å²) in [5.74, 6) is 0.901. The van der Waals surface area contributed by atoms with Crippen LogP contribution in [-0.4, -0.2) is 46.1 Å². The zero-order valence-corrected chi connectivity index (χ0v) is 11.4. The second-order valence-electron chi connectivity index (χ2n) is 5.43. The maximum absolute atomic E-state index is 5.55. The van der Waals surface area contributed by atoms with Gasteiger partial charge in [0.25, 0.3) is 0 Å². The molecule has 0 aromatic heterocycles. The van der Waals surface area contributed by atoms with E-state index in [1.54, 1.807) is 7.11 Å². The average Bonchev–Trinajstić information content (AvgIpc) is 2.44. The first-order valence-corrected chi connectivity index (χ1v) is 6.86. The van der Waals surface area contributed by atoms with Gasteiger partial charge in [-0.3, -0.25) is 0 Å². The predicted octanol–water partition coefficient (Wildman–Crippen LogP) is 1.34. The monoisotopic (exact) mass is 263 g/mol. The minimum absolute atomic E-state index is 0.143. The maximum Gasteiger partial charge on any atom is 0.118 e. The first kappa shape index (κ1) is 12.9. The van der Waals surface area contributed by atoms with Crippen molar-refractivity contribution in [2.24, 2.45) is 0 Å². The van der Waals surface area contributed by atoms with Crippen LogP contribution in [0.3, 0.4) is 0 Å². The van der Waals surface area contributed by atoms with Crippen LogP contribution in [0.2, 0.25) is 0 Å². The van der Waals surface area contributed by atoms with E-state index in [2.05, 4.69) is 17.4 Å². The van der Waals surface area contributed by atoms with Gasteiger partial charge in [-0.2, -0.15) is 0 Å². The van der Waals surface area contributed by atoms with Crippen LogP contribution in [-0.2, 0) is 14.9 Å². The van der Waals surface area contributed by atoms with Crippen LogP contribution >= 0.6 is 0 Å². The van der Waals surface area contributed by atoms with Gasteiger partial charge in [0.05, 0.1) is 33.5 Å². The summed E-state index contributed by atoms with van der Waals surface area (Å²) in [4.78, 5) is 0. The Morgan fingerprint density at radius 2 is 2.05 bits per heavy atom. The molecule has 1 N–H and O–H groups in total. The van der Waals surface area contributed by atoms with E-state index in [0.29, 0.717) is 6.04 Å². The first-order chi connectivity index (χ1) is 9.32. The van der Waals surface area contributed by atoms with Crippen LogP contribution in [0, 0.1) is 0 Å². The van der Waals surface area contributed by atoms with E-state index in [4.69, 9.17) is 14.2 Å². The molecule has 0 saturated carbocycles. The van der Waals surface area contributed by atoms with Crippen LogP contribution in [0.1, 0.15) is 12.0 Å². The van der Waals surface area contributed by atoms with Crippen LogP contribution < -0.4 is 10.1 Å². The number of morpholine rings is 1. The van der Waals surface area contributed by atoms with Gasteiger partial charge in [-0.05, 0) is 24.1 Å². The molecule has 1 aromatic rings. The molecule has 2 aliphatic rings. The van der Waals surface area contributed by atoms with Crippen LogP contribution in [0.25, 0.3) is 0 Å². The minimum atomic E-state index is 0.143. The molecule has 4 nitrogen and oxygen atoms in total. The minimum Gasteiger partial charge on any atom is -0.497 e. The molecule has 4 heteroatoms. The van der Waals surface area contributed by atoms with Gasteiger partial charge >= 0.3 is 0 Å². The Morgan fingerprint density at radius 3 is 2.58 bits per heavy atom. The van der Waals surface area contributed by atoms with Gasteiger partial charge in [0.1, 0.15) is 5.75 Å². The zero-order valence-electron chi connectivity index (χ0n) is 11.4. The Morgan fingerprint density at radius 1 is 1.26 bits per heavy atom. The van der Waals surface area contributed by atoms with Crippen molar-refractivity contribution in [2.75, 3.05) is 40.1 Å². The number of hydrogen-bond acceptors (Lipinski definition) is 4. The Labute approximate surface area is 114 Å². The van der Waals surface area contributed by atoms with Crippen molar-refractivity contribution < 1.29 is 14.2 Å². The molecule has 0 radical (unpaired) electrons. The Hall–Kier alpha value is -1.10. The molecular formula is C15H21NO3. The first-order valence-electron chi connectivity index (χ1n) is 6.86. The Bertz CT molecular complexity index is 408. The summed E-state index contributed by atoms with van der Waals surface area (Å²) in [6.45, 7) is 4.18. The summed E-state index contributed by atoms with van der Waals surface area (Å²) in [6, 6.07) is 8.80. The predicted molar refractivity (Wildman–Crippen MR) is 72.7 cm³/mol. The SMILES string of the molecule is COc1ccc(C2(CC3COCCN3)COC2)cc1. The Kier molecular flexibility index (Phi) is 3.73. The number of hydrogen-bond donors (Lipinski definition) is 1. The highest BCUT2D eigenvalue weighted by atomic mass is 16.5. The number of nitrogens with one attached hydrogen (secondary N) is 1. The van der Waals surface area contributed by atoms with Crippen molar-refractivity contribution in [1.82, 2.24) is 5.32 Å². The fraction of sp³-hybridized carbons (Fsp3) is 0.600. The van der Waals surface area contributed by atoms with E-state index < -0.39 is 0 Å². The maximum atomic E-state index is 5.55. The number of methoxy groups -OCH3 is 1. The molecule has 2 fully saturated rings. The Balaban J connectivity index is 1.73. The summed E-state index contributed by atoms with van der Waals surface area (Å²) in [6.07, 6.45) is 1.07. The third kappa shape index (κ3) is 2.61. The van der Waals surface area contributed by atoms with E-state index in [0.717, 1.165) is 45.1 Å². The smallest absolute Gasteiger partial charge is 0.118 e. The van der Waals surface area contributed by atoms with Gasteiger partial charge < -0.3 is 19.5 Å². The molecule has 3 rings (SSSR count). The van der Waals surface area contributed by atoms with Crippen LogP contribution in [0.5, 0.6) is 5.75 Å². The van der Waals surface area contributed by atoms with E-state index in [1.165, 1.54) is 5.56 Å². The van der Waals surface area contributed by atoms with Crippen LogP contribution in [0.15, 0.2) is 24.3 Å². The molecule has 0 bridgehead atoms. The highest BCUT2D eigenvalue weighted by Crippen LogP contribution is 2.37. The van der Waals surface area contributed by atoms with Crippen LogP contribution in [0.4, 0.5) is 0 Å². The lowest BCUT2D eigenvalue weighted by molar-refractivity contribution is -0.0753. The van der Waals surface area contributed by atoms with Crippen molar-refractivity contribution in [1.29, 1.82) is 0 Å². The second-order valence-corrected chi connectivity index (χ2v) is 5.43. The standard InChI is InChI=1S/C15H21NO3/c1-17-14-4-2-12(3-5-14)15(10-19-11-15)8-13-9-18-7-6-16-13/h2-5,13,16H,6-11H2,1H3. The molecule has 1 atom stereocenters. The fourth-order valence-corrected chi connectivity index (χ4v) is 2.92. The van der Waals surface area contributed by atoms with E-state index in [-0.39, 0.29) is 5.41 Å². The molecule has 0 aliphatic carbocycles. The largest absolute Gasteiger partial charge is 0.497 e. The number of rotatable bonds is 4. The third-order valence-corrected chi connectivity index (χ3v) is 4.09. The van der Waals surface area contributed by atoms with Gasteiger partial charge in [-0.1, -0.05) is 12.1 Å². The lowest BCUT2D eigenvalue weighted by atomic mass is 9.74. The molecule has 2 aliphatic heterocycles. The van der Waals surface area contributed by atoms with Crippen molar-refractivity contribution in [3.05, 3.63) is 29.8 Å². The zero-order chi connectivity index (χ0) is 13.1. The molecule has 19 heavy (non-hydrogen) atoms. The molecule has 0 amide bonds. The topological polar surface area (TPSA) is 39.7 Å². The third-order valence-electron chi connectivity index (χ3n) is 4.09. The number of ether oxygens (including phenoxy) is 3. The van der Waals surface area contributed by atoms with E-state index in [1.807, 2.05) is 12.1 Å². The molecule has 104 valence electrons. The van der Waals surface area contributed by atoms with Gasteiger partial charge in [-0.25, -0.2) is 0 Å². The molecule has 1 unspecified atom stereocenters. The highest BCUT2D eigenvalue weighted by Gasteiger charge is 2.42. The summed E-state index contributed by atoms with van der Waals surface area (Å²) in [5.41, 5.74) is 1.48. The summed E-state index contributed by atoms with van der Waals surface area (Å²) in [7, 11) is 1.69. The van der Waals surface area contributed by atoms with E-state index >= 15 is 0 Å². The van der Waals surface area contributed by atoms with Crippen molar-refractivity contribution >= 4 is 0 Å². The van der Waals surface area contributed by atoms with Crippen molar-refractivity contribution in [2.45, 2.75) is 17.9 Å². The molecule has 0 spiro atoms. The quantitative estimate of drug-likeness (QED) is 0.890.